The Hall–Kier alpha value is -0.870. The van der Waals surface area contributed by atoms with Crippen molar-refractivity contribution in [1.29, 1.82) is 0 Å². The lowest BCUT2D eigenvalue weighted by molar-refractivity contribution is 0.196. The Kier molecular flexibility index (Phi) is 6.24. The van der Waals surface area contributed by atoms with E-state index in [0.29, 0.717) is 12.6 Å². The quantitative estimate of drug-likeness (QED) is 0.876. The first-order valence-corrected chi connectivity index (χ1v) is 8.61. The SMILES string of the molecule is CCCn1cncc1C(CN)N1CCCC(C(C)C)CC1. The molecular formula is C17H32N4. The topological polar surface area (TPSA) is 47.1 Å². The molecule has 2 unspecified atom stereocenters. The lowest BCUT2D eigenvalue weighted by atomic mass is 9.89. The van der Waals surface area contributed by atoms with E-state index in [9.17, 15) is 0 Å². The highest BCUT2D eigenvalue weighted by atomic mass is 15.2. The van der Waals surface area contributed by atoms with Crippen molar-refractivity contribution in [2.45, 2.75) is 59.0 Å². The Balaban J connectivity index is 2.08. The Morgan fingerprint density at radius 2 is 2.14 bits per heavy atom. The zero-order valence-corrected chi connectivity index (χ0v) is 14.0. The molecule has 2 heterocycles. The fraction of sp³-hybridized carbons (Fsp3) is 0.824. The first-order chi connectivity index (χ1) is 10.2. The third kappa shape index (κ3) is 4.07. The number of rotatable bonds is 6. The van der Waals surface area contributed by atoms with Crippen LogP contribution in [0, 0.1) is 11.8 Å². The van der Waals surface area contributed by atoms with E-state index in [2.05, 4.69) is 35.2 Å². The highest BCUT2D eigenvalue weighted by Crippen LogP contribution is 2.29. The van der Waals surface area contributed by atoms with Crippen molar-refractivity contribution < 1.29 is 0 Å². The molecule has 0 radical (unpaired) electrons. The molecule has 0 amide bonds. The molecule has 120 valence electrons. The summed E-state index contributed by atoms with van der Waals surface area (Å²) in [5.41, 5.74) is 7.42. The van der Waals surface area contributed by atoms with Crippen molar-refractivity contribution in [2.75, 3.05) is 19.6 Å². The van der Waals surface area contributed by atoms with Crippen LogP contribution in [-0.4, -0.2) is 34.1 Å². The van der Waals surface area contributed by atoms with Crippen LogP contribution < -0.4 is 5.73 Å². The van der Waals surface area contributed by atoms with E-state index in [1.54, 1.807) is 0 Å². The monoisotopic (exact) mass is 292 g/mol. The number of hydrogen-bond donors (Lipinski definition) is 1. The fourth-order valence-corrected chi connectivity index (χ4v) is 3.62. The highest BCUT2D eigenvalue weighted by Gasteiger charge is 2.26. The first kappa shape index (κ1) is 16.5. The summed E-state index contributed by atoms with van der Waals surface area (Å²) in [6.07, 6.45) is 9.06. The average molecular weight is 292 g/mol. The number of nitrogens with zero attached hydrogens (tertiary/aromatic N) is 3. The van der Waals surface area contributed by atoms with Crippen molar-refractivity contribution in [3.8, 4) is 0 Å². The summed E-state index contributed by atoms with van der Waals surface area (Å²) in [5.74, 6) is 1.67. The van der Waals surface area contributed by atoms with Crippen molar-refractivity contribution in [3.05, 3.63) is 18.2 Å². The number of hydrogen-bond acceptors (Lipinski definition) is 3. The predicted octanol–water partition coefficient (Wildman–Crippen LogP) is 3.05. The summed E-state index contributed by atoms with van der Waals surface area (Å²) in [6, 6.07) is 0.324. The van der Waals surface area contributed by atoms with Crippen LogP contribution in [0.3, 0.4) is 0 Å². The van der Waals surface area contributed by atoms with Gasteiger partial charge in [-0.1, -0.05) is 20.8 Å². The van der Waals surface area contributed by atoms with Crippen LogP contribution in [0.5, 0.6) is 0 Å². The van der Waals surface area contributed by atoms with Crippen molar-refractivity contribution >= 4 is 0 Å². The number of aryl methyl sites for hydroxylation is 1. The normalized spacial score (nSPS) is 22.4. The standard InChI is InChI=1S/C17H32N4/c1-4-8-21-13-19-12-17(21)16(11-18)20-9-5-6-15(7-10-20)14(2)3/h12-16H,4-11,18H2,1-3H3. The number of imidazole rings is 1. The molecule has 0 aromatic carbocycles. The van der Waals surface area contributed by atoms with E-state index in [1.807, 2.05) is 12.5 Å². The van der Waals surface area contributed by atoms with E-state index < -0.39 is 0 Å². The maximum atomic E-state index is 6.12. The summed E-state index contributed by atoms with van der Waals surface area (Å²) in [6.45, 7) is 11.0. The Morgan fingerprint density at radius 1 is 1.33 bits per heavy atom. The molecule has 21 heavy (non-hydrogen) atoms. The van der Waals surface area contributed by atoms with Crippen LogP contribution in [0.4, 0.5) is 0 Å². The fourth-order valence-electron chi connectivity index (χ4n) is 3.62. The van der Waals surface area contributed by atoms with Crippen LogP contribution in [0.1, 0.15) is 58.2 Å². The van der Waals surface area contributed by atoms with Crippen LogP contribution in [0.2, 0.25) is 0 Å². The highest BCUT2D eigenvalue weighted by molar-refractivity contribution is 5.07. The molecule has 0 spiro atoms. The molecule has 1 saturated heterocycles. The van der Waals surface area contributed by atoms with E-state index in [4.69, 9.17) is 5.73 Å². The zero-order chi connectivity index (χ0) is 15.2. The maximum absolute atomic E-state index is 6.12. The molecular weight excluding hydrogens is 260 g/mol. The molecule has 4 nitrogen and oxygen atoms in total. The van der Waals surface area contributed by atoms with Gasteiger partial charge in [0.15, 0.2) is 0 Å². The maximum Gasteiger partial charge on any atom is 0.0948 e. The molecule has 0 saturated carbocycles. The van der Waals surface area contributed by atoms with Gasteiger partial charge in [0.1, 0.15) is 0 Å². The van der Waals surface area contributed by atoms with Crippen LogP contribution >= 0.6 is 0 Å². The van der Waals surface area contributed by atoms with E-state index in [-0.39, 0.29) is 0 Å². The van der Waals surface area contributed by atoms with Gasteiger partial charge in [-0.2, -0.15) is 0 Å². The van der Waals surface area contributed by atoms with E-state index >= 15 is 0 Å². The number of nitrogens with two attached hydrogens (primary N) is 1. The first-order valence-electron chi connectivity index (χ1n) is 8.61. The molecule has 1 aliphatic rings. The van der Waals surface area contributed by atoms with Gasteiger partial charge >= 0.3 is 0 Å². The molecule has 2 atom stereocenters. The van der Waals surface area contributed by atoms with Gasteiger partial charge in [0.2, 0.25) is 0 Å². The summed E-state index contributed by atoms with van der Waals surface area (Å²) in [4.78, 5) is 6.94. The molecule has 1 aromatic heterocycles. The van der Waals surface area contributed by atoms with Gasteiger partial charge in [-0.15, -0.1) is 0 Å². The second kappa shape index (κ2) is 7.95. The van der Waals surface area contributed by atoms with Crippen LogP contribution in [-0.2, 0) is 6.54 Å². The zero-order valence-electron chi connectivity index (χ0n) is 14.0. The lowest BCUT2D eigenvalue weighted by Gasteiger charge is -2.30. The number of aromatic nitrogens is 2. The van der Waals surface area contributed by atoms with Gasteiger partial charge < -0.3 is 10.3 Å². The summed E-state index contributed by atoms with van der Waals surface area (Å²) < 4.78 is 2.28. The van der Waals surface area contributed by atoms with E-state index in [0.717, 1.165) is 24.8 Å². The van der Waals surface area contributed by atoms with Crippen LogP contribution in [0.15, 0.2) is 12.5 Å². The van der Waals surface area contributed by atoms with Gasteiger partial charge in [-0.3, -0.25) is 4.90 Å². The van der Waals surface area contributed by atoms with Gasteiger partial charge in [0.05, 0.1) is 18.1 Å². The Morgan fingerprint density at radius 3 is 2.81 bits per heavy atom. The van der Waals surface area contributed by atoms with Gasteiger partial charge in [0, 0.05) is 19.3 Å². The molecule has 0 aliphatic carbocycles. The minimum atomic E-state index is 0.324. The van der Waals surface area contributed by atoms with Crippen LogP contribution in [0.25, 0.3) is 0 Å². The smallest absolute Gasteiger partial charge is 0.0948 e. The third-order valence-corrected chi connectivity index (χ3v) is 4.96. The largest absolute Gasteiger partial charge is 0.333 e. The molecule has 2 N–H and O–H groups in total. The summed E-state index contributed by atoms with van der Waals surface area (Å²) in [7, 11) is 0. The molecule has 1 aliphatic heterocycles. The average Bonchev–Trinajstić information content (AvgIpc) is 2.76. The molecule has 1 aromatic rings. The summed E-state index contributed by atoms with van der Waals surface area (Å²) >= 11 is 0. The van der Waals surface area contributed by atoms with Gasteiger partial charge in [0.25, 0.3) is 0 Å². The summed E-state index contributed by atoms with van der Waals surface area (Å²) in [5, 5.41) is 0. The Bertz CT molecular complexity index is 413. The molecule has 1 fully saturated rings. The van der Waals surface area contributed by atoms with Crippen molar-refractivity contribution in [3.63, 3.8) is 0 Å². The van der Waals surface area contributed by atoms with E-state index in [1.165, 1.54) is 38.0 Å². The molecule has 2 rings (SSSR count). The van der Waals surface area contributed by atoms with Crippen molar-refractivity contribution in [2.24, 2.45) is 17.6 Å². The van der Waals surface area contributed by atoms with Gasteiger partial charge in [-0.05, 0) is 50.6 Å². The molecule has 0 bridgehead atoms. The lowest BCUT2D eigenvalue weighted by Crippen LogP contribution is -2.36. The van der Waals surface area contributed by atoms with Crippen molar-refractivity contribution in [1.82, 2.24) is 14.5 Å². The third-order valence-electron chi connectivity index (χ3n) is 4.96. The van der Waals surface area contributed by atoms with Gasteiger partial charge in [-0.25, -0.2) is 4.98 Å². The second-order valence-corrected chi connectivity index (χ2v) is 6.73. The molecule has 4 heteroatoms. The minimum Gasteiger partial charge on any atom is -0.333 e. The minimum absolute atomic E-state index is 0.324. The second-order valence-electron chi connectivity index (χ2n) is 6.73. The predicted molar refractivity (Wildman–Crippen MR) is 88.1 cm³/mol. The number of likely N-dealkylation sites (tertiary alicyclic amines) is 1. The Labute approximate surface area is 129 Å².